The molecular formula is C23H27FN2O4. The van der Waals surface area contributed by atoms with Crippen LogP contribution >= 0.6 is 0 Å². The van der Waals surface area contributed by atoms with Gasteiger partial charge in [0.1, 0.15) is 11.9 Å². The Hall–Kier alpha value is -3.22. The van der Waals surface area contributed by atoms with Gasteiger partial charge in [0.15, 0.2) is 6.10 Å². The van der Waals surface area contributed by atoms with Crippen LogP contribution in [0.1, 0.15) is 42.3 Å². The van der Waals surface area contributed by atoms with E-state index >= 15 is 0 Å². The van der Waals surface area contributed by atoms with Crippen molar-refractivity contribution in [2.45, 2.75) is 46.8 Å². The van der Waals surface area contributed by atoms with E-state index in [1.165, 1.54) is 25.1 Å². The second-order valence-electron chi connectivity index (χ2n) is 7.56. The molecule has 0 saturated heterocycles. The van der Waals surface area contributed by atoms with Crippen molar-refractivity contribution in [1.29, 1.82) is 0 Å². The number of carbonyl (C=O) groups is 3. The number of ether oxygens (including phenoxy) is 1. The van der Waals surface area contributed by atoms with Crippen LogP contribution in [0.3, 0.4) is 0 Å². The Kier molecular flexibility index (Phi) is 7.69. The maximum Gasteiger partial charge on any atom is 0.329 e. The number of halogens is 1. The Morgan fingerprint density at radius 1 is 1.00 bits per heavy atom. The lowest BCUT2D eigenvalue weighted by atomic mass is 10.0. The molecule has 2 aromatic carbocycles. The topological polar surface area (TPSA) is 84.5 Å². The highest BCUT2D eigenvalue weighted by Crippen LogP contribution is 2.17. The van der Waals surface area contributed by atoms with Gasteiger partial charge in [-0.1, -0.05) is 43.7 Å². The molecule has 30 heavy (non-hydrogen) atoms. The van der Waals surface area contributed by atoms with Crippen molar-refractivity contribution in [2.24, 2.45) is 5.92 Å². The van der Waals surface area contributed by atoms with E-state index in [1.54, 1.807) is 19.9 Å². The van der Waals surface area contributed by atoms with Crippen molar-refractivity contribution in [3.8, 4) is 0 Å². The molecule has 0 aliphatic heterocycles. The van der Waals surface area contributed by atoms with Gasteiger partial charge in [-0.3, -0.25) is 9.59 Å². The molecule has 2 rings (SSSR count). The molecule has 0 radical (unpaired) electrons. The van der Waals surface area contributed by atoms with Crippen molar-refractivity contribution in [1.82, 2.24) is 5.32 Å². The molecule has 6 nitrogen and oxygen atoms in total. The summed E-state index contributed by atoms with van der Waals surface area (Å²) in [4.78, 5) is 37.4. The first-order chi connectivity index (χ1) is 14.1. The standard InChI is InChI=1S/C23H27FN2O4/c1-13(2)20(26-22(28)17-8-6-7-9-18(17)24)23(29)30-16(5)21(27)25-19-11-10-14(3)12-15(19)4/h6-13,16,20H,1-5H3,(H,25,27)(H,26,28)/t16-,20-/m0/s1. The van der Waals surface area contributed by atoms with Crippen LogP contribution in [0.5, 0.6) is 0 Å². The molecule has 0 fully saturated rings. The van der Waals surface area contributed by atoms with E-state index in [9.17, 15) is 18.8 Å². The van der Waals surface area contributed by atoms with E-state index in [0.29, 0.717) is 5.69 Å². The number of benzene rings is 2. The van der Waals surface area contributed by atoms with E-state index in [4.69, 9.17) is 4.74 Å². The zero-order valence-electron chi connectivity index (χ0n) is 17.8. The highest BCUT2D eigenvalue weighted by atomic mass is 19.1. The molecule has 0 bridgehead atoms. The van der Waals surface area contributed by atoms with Crippen LogP contribution in [-0.2, 0) is 14.3 Å². The van der Waals surface area contributed by atoms with Crippen molar-refractivity contribution >= 4 is 23.5 Å². The van der Waals surface area contributed by atoms with Gasteiger partial charge in [-0.15, -0.1) is 0 Å². The lowest BCUT2D eigenvalue weighted by Crippen LogP contribution is -2.47. The first-order valence-electron chi connectivity index (χ1n) is 9.74. The van der Waals surface area contributed by atoms with Crippen molar-refractivity contribution in [3.05, 3.63) is 65.0 Å². The average Bonchev–Trinajstić information content (AvgIpc) is 2.67. The first-order valence-corrected chi connectivity index (χ1v) is 9.74. The Morgan fingerprint density at radius 2 is 1.67 bits per heavy atom. The third kappa shape index (κ3) is 5.89. The smallest absolute Gasteiger partial charge is 0.329 e. The van der Waals surface area contributed by atoms with Crippen molar-refractivity contribution < 1.29 is 23.5 Å². The summed E-state index contributed by atoms with van der Waals surface area (Å²) in [7, 11) is 0. The number of hydrogen-bond acceptors (Lipinski definition) is 4. The Bertz CT molecular complexity index is 943. The summed E-state index contributed by atoms with van der Waals surface area (Å²) in [6.07, 6.45) is -1.08. The number of anilines is 1. The zero-order chi connectivity index (χ0) is 22.4. The summed E-state index contributed by atoms with van der Waals surface area (Å²) < 4.78 is 19.1. The van der Waals surface area contributed by atoms with E-state index in [1.807, 2.05) is 26.0 Å². The molecule has 2 amide bonds. The van der Waals surface area contributed by atoms with Crippen molar-refractivity contribution in [3.63, 3.8) is 0 Å². The quantitative estimate of drug-likeness (QED) is 0.676. The summed E-state index contributed by atoms with van der Waals surface area (Å²) >= 11 is 0. The molecule has 7 heteroatoms. The van der Waals surface area contributed by atoms with Gasteiger partial charge in [-0.05, 0) is 50.5 Å². The van der Waals surface area contributed by atoms with Gasteiger partial charge in [0.25, 0.3) is 11.8 Å². The number of aryl methyl sites for hydroxylation is 2. The number of rotatable bonds is 7. The normalized spacial score (nSPS) is 12.8. The summed E-state index contributed by atoms with van der Waals surface area (Å²) in [6, 6.07) is 10.0. The van der Waals surface area contributed by atoms with E-state index in [-0.39, 0.29) is 11.5 Å². The SMILES string of the molecule is Cc1ccc(NC(=O)[C@H](C)OC(=O)[C@@H](NC(=O)c2ccccc2F)C(C)C)c(C)c1. The highest BCUT2D eigenvalue weighted by molar-refractivity contribution is 5.98. The lowest BCUT2D eigenvalue weighted by molar-refractivity contribution is -0.156. The van der Waals surface area contributed by atoms with Crippen LogP contribution in [0.4, 0.5) is 10.1 Å². The van der Waals surface area contributed by atoms with Gasteiger partial charge < -0.3 is 15.4 Å². The van der Waals surface area contributed by atoms with Crippen LogP contribution in [0.25, 0.3) is 0 Å². The number of esters is 1. The summed E-state index contributed by atoms with van der Waals surface area (Å²) in [5.41, 5.74) is 2.41. The first kappa shape index (κ1) is 23.1. The fraction of sp³-hybridized carbons (Fsp3) is 0.348. The van der Waals surface area contributed by atoms with Gasteiger partial charge in [-0.2, -0.15) is 0 Å². The van der Waals surface area contributed by atoms with Crippen LogP contribution in [0, 0.1) is 25.6 Å². The zero-order valence-corrected chi connectivity index (χ0v) is 17.8. The van der Waals surface area contributed by atoms with Gasteiger partial charge in [0, 0.05) is 5.69 Å². The maximum absolute atomic E-state index is 13.8. The van der Waals surface area contributed by atoms with E-state index in [2.05, 4.69) is 10.6 Å². The second kappa shape index (κ2) is 10.0. The van der Waals surface area contributed by atoms with Gasteiger partial charge in [0.05, 0.1) is 5.56 Å². The van der Waals surface area contributed by atoms with Gasteiger partial charge in [0.2, 0.25) is 0 Å². The van der Waals surface area contributed by atoms with Gasteiger partial charge >= 0.3 is 5.97 Å². The fourth-order valence-electron chi connectivity index (χ4n) is 2.85. The van der Waals surface area contributed by atoms with Crippen molar-refractivity contribution in [2.75, 3.05) is 5.32 Å². The number of carbonyl (C=O) groups excluding carboxylic acids is 3. The number of hydrogen-bond donors (Lipinski definition) is 2. The van der Waals surface area contributed by atoms with Crippen LogP contribution in [0.2, 0.25) is 0 Å². The minimum atomic E-state index is -1.08. The third-order valence-electron chi connectivity index (χ3n) is 4.63. The molecule has 0 aromatic heterocycles. The Balaban J connectivity index is 2.03. The summed E-state index contributed by atoms with van der Waals surface area (Å²) in [5, 5.41) is 5.23. The lowest BCUT2D eigenvalue weighted by Gasteiger charge is -2.23. The largest absolute Gasteiger partial charge is 0.451 e. The molecule has 2 atom stereocenters. The summed E-state index contributed by atoms with van der Waals surface area (Å²) in [6.45, 7) is 8.70. The second-order valence-corrected chi connectivity index (χ2v) is 7.56. The molecule has 0 unspecified atom stereocenters. The number of amides is 2. The predicted octanol–water partition coefficient (Wildman–Crippen LogP) is 3.77. The molecule has 0 aliphatic carbocycles. The highest BCUT2D eigenvalue weighted by Gasteiger charge is 2.30. The maximum atomic E-state index is 13.8. The van der Waals surface area contributed by atoms with E-state index < -0.39 is 35.7 Å². The molecule has 0 saturated carbocycles. The molecular weight excluding hydrogens is 387 g/mol. The fourth-order valence-corrected chi connectivity index (χ4v) is 2.85. The number of nitrogens with one attached hydrogen (secondary N) is 2. The summed E-state index contributed by atoms with van der Waals surface area (Å²) in [5.74, 6) is -3.00. The minimum absolute atomic E-state index is 0.170. The Labute approximate surface area is 175 Å². The molecule has 0 aliphatic rings. The molecule has 160 valence electrons. The molecule has 2 aromatic rings. The molecule has 0 heterocycles. The van der Waals surface area contributed by atoms with Crippen LogP contribution < -0.4 is 10.6 Å². The van der Waals surface area contributed by atoms with E-state index in [0.717, 1.165) is 17.2 Å². The Morgan fingerprint density at radius 3 is 2.27 bits per heavy atom. The minimum Gasteiger partial charge on any atom is -0.451 e. The monoisotopic (exact) mass is 414 g/mol. The molecule has 2 N–H and O–H groups in total. The predicted molar refractivity (Wildman–Crippen MR) is 113 cm³/mol. The van der Waals surface area contributed by atoms with Gasteiger partial charge in [-0.25, -0.2) is 9.18 Å². The van der Waals surface area contributed by atoms with Crippen LogP contribution in [0.15, 0.2) is 42.5 Å². The van der Waals surface area contributed by atoms with Crippen LogP contribution in [-0.4, -0.2) is 29.9 Å². The third-order valence-corrected chi connectivity index (χ3v) is 4.63. The average molecular weight is 414 g/mol. The molecule has 0 spiro atoms.